The monoisotopic (exact) mass is 470 g/mol. The van der Waals surface area contributed by atoms with E-state index < -0.39 is 6.16 Å². The maximum Gasteiger partial charge on any atom is 0.508 e. The third-order valence-electron chi connectivity index (χ3n) is 1.53. The predicted molar refractivity (Wildman–Crippen MR) is 88.4 cm³/mol. The number of ether oxygens (including phenoxy) is 2. The van der Waals surface area contributed by atoms with Gasteiger partial charge in [-0.15, -0.1) is 11.8 Å². The van der Waals surface area contributed by atoms with Gasteiger partial charge in [0.1, 0.15) is 13.2 Å². The Bertz CT molecular complexity index is 414. The molecule has 5 heteroatoms. The Balaban J connectivity index is 4.11. The van der Waals surface area contributed by atoms with E-state index in [-0.39, 0.29) is 13.2 Å². The molecule has 0 aliphatic rings. The number of rotatable bonds is 4. The van der Waals surface area contributed by atoms with Crippen LogP contribution in [0.2, 0.25) is 0 Å². The third kappa shape index (κ3) is 8.43. The molecule has 0 aromatic carbocycles. The van der Waals surface area contributed by atoms with Crippen LogP contribution in [0, 0.1) is 23.7 Å². The number of carbonyl (C=O) groups excluding carboxylic acids is 1. The summed E-state index contributed by atoms with van der Waals surface area (Å²) in [6, 6.07) is 0. The molecule has 0 atom stereocenters. The summed E-state index contributed by atoms with van der Waals surface area (Å²) in [5.41, 5.74) is 1.46. The van der Waals surface area contributed by atoms with E-state index in [9.17, 15) is 4.79 Å². The molecule has 0 unspecified atom stereocenters. The lowest BCUT2D eigenvalue weighted by Crippen LogP contribution is -2.11. The summed E-state index contributed by atoms with van der Waals surface area (Å²) in [5, 5.41) is 0. The fourth-order valence-electron chi connectivity index (χ4n) is 0.826. The third-order valence-corrected chi connectivity index (χ3v) is 3.03. The van der Waals surface area contributed by atoms with Crippen LogP contribution in [0.4, 0.5) is 4.79 Å². The highest BCUT2D eigenvalue weighted by Crippen LogP contribution is 2.03. The molecule has 0 saturated heterocycles. The summed E-state index contributed by atoms with van der Waals surface area (Å²) in [6.45, 7) is 3.68. The van der Waals surface area contributed by atoms with Gasteiger partial charge < -0.3 is 9.47 Å². The van der Waals surface area contributed by atoms with Gasteiger partial charge in [0.25, 0.3) is 0 Å². The average molecular weight is 470 g/mol. The maximum absolute atomic E-state index is 11.3. The van der Waals surface area contributed by atoms with Gasteiger partial charge in [-0.05, 0) is 22.0 Å². The first-order valence-electron chi connectivity index (χ1n) is 4.91. The minimum absolute atomic E-state index is 0.116. The van der Waals surface area contributed by atoms with E-state index in [4.69, 9.17) is 9.47 Å². The number of hydrogen-bond donors (Lipinski definition) is 0. The number of halogens is 2. The van der Waals surface area contributed by atoms with Crippen molar-refractivity contribution >= 4 is 51.3 Å². The molecule has 0 N–H and O–H groups in total. The molecule has 18 heavy (non-hydrogen) atoms. The Morgan fingerprint density at radius 2 is 1.39 bits per heavy atom. The summed E-state index contributed by atoms with van der Waals surface area (Å²) < 4.78 is 13.3. The molecule has 0 amide bonds. The minimum atomic E-state index is -0.725. The molecule has 0 heterocycles. The molecule has 0 aromatic rings. The SMILES string of the molecule is CC#CC(=CI)COC(=O)OCC(C#CC)=CI. The summed E-state index contributed by atoms with van der Waals surface area (Å²) in [5.74, 6) is 11.1. The van der Waals surface area contributed by atoms with Crippen molar-refractivity contribution in [3.8, 4) is 23.7 Å². The van der Waals surface area contributed by atoms with Crippen molar-refractivity contribution in [1.29, 1.82) is 0 Å². The summed E-state index contributed by atoms with van der Waals surface area (Å²) in [6.07, 6.45) is -0.725. The standard InChI is InChI=1S/C13H12I2O3/c1-3-5-11(7-14)9-17-13(16)18-10-12(8-15)6-4-2/h7-8H,9-10H2,1-2H3. The molecule has 0 spiro atoms. The molecule has 0 saturated carbocycles. The highest BCUT2D eigenvalue weighted by molar-refractivity contribution is 14.1. The lowest BCUT2D eigenvalue weighted by Gasteiger charge is -2.05. The van der Waals surface area contributed by atoms with Gasteiger partial charge in [0.2, 0.25) is 0 Å². The van der Waals surface area contributed by atoms with Crippen molar-refractivity contribution in [2.75, 3.05) is 13.2 Å². The van der Waals surface area contributed by atoms with Gasteiger partial charge in [0.05, 0.1) is 0 Å². The van der Waals surface area contributed by atoms with E-state index in [2.05, 4.69) is 23.7 Å². The topological polar surface area (TPSA) is 35.5 Å². The van der Waals surface area contributed by atoms with Gasteiger partial charge in [0.15, 0.2) is 0 Å². The molecule has 3 nitrogen and oxygen atoms in total. The quantitative estimate of drug-likeness (QED) is 0.356. The lowest BCUT2D eigenvalue weighted by atomic mass is 10.3. The number of carbonyl (C=O) groups is 1. The first kappa shape index (κ1) is 17.3. The Morgan fingerprint density at radius 3 is 1.67 bits per heavy atom. The van der Waals surface area contributed by atoms with Crippen molar-refractivity contribution in [1.82, 2.24) is 0 Å². The lowest BCUT2D eigenvalue weighted by molar-refractivity contribution is 0.0696. The van der Waals surface area contributed by atoms with Crippen LogP contribution in [0.15, 0.2) is 19.3 Å². The van der Waals surface area contributed by atoms with Crippen molar-refractivity contribution in [3.63, 3.8) is 0 Å². The second kappa shape index (κ2) is 11.4. The first-order chi connectivity index (χ1) is 8.67. The maximum atomic E-state index is 11.3. The van der Waals surface area contributed by atoms with Crippen LogP contribution in [0.1, 0.15) is 13.8 Å². The van der Waals surface area contributed by atoms with Gasteiger partial charge in [0, 0.05) is 11.1 Å². The molecule has 0 aromatic heterocycles. The molecule has 0 aliphatic carbocycles. The minimum Gasteiger partial charge on any atom is -0.429 e. The van der Waals surface area contributed by atoms with Crippen LogP contribution in [0.5, 0.6) is 0 Å². The summed E-state index contributed by atoms with van der Waals surface area (Å²) in [7, 11) is 0. The smallest absolute Gasteiger partial charge is 0.429 e. The van der Waals surface area contributed by atoms with Crippen molar-refractivity contribution in [2.24, 2.45) is 0 Å². The van der Waals surface area contributed by atoms with E-state index in [0.717, 1.165) is 11.1 Å². The molecule has 0 aliphatic heterocycles. The molecule has 0 rings (SSSR count). The Morgan fingerprint density at radius 1 is 1.00 bits per heavy atom. The Kier molecular flexibility index (Phi) is 11.0. The molecular formula is C13H12I2O3. The highest BCUT2D eigenvalue weighted by atomic mass is 127. The fraction of sp³-hybridized carbons (Fsp3) is 0.308. The average Bonchev–Trinajstić information content (AvgIpc) is 2.39. The van der Waals surface area contributed by atoms with Gasteiger partial charge in [-0.1, -0.05) is 57.0 Å². The van der Waals surface area contributed by atoms with Crippen LogP contribution in [-0.4, -0.2) is 19.4 Å². The molecule has 96 valence electrons. The molecule has 0 fully saturated rings. The van der Waals surface area contributed by atoms with Gasteiger partial charge in [-0.25, -0.2) is 4.79 Å². The van der Waals surface area contributed by atoms with E-state index in [1.807, 2.05) is 45.2 Å². The van der Waals surface area contributed by atoms with Crippen molar-refractivity contribution < 1.29 is 14.3 Å². The largest absolute Gasteiger partial charge is 0.508 e. The second-order valence-electron chi connectivity index (χ2n) is 2.85. The Hall–Kier alpha value is -0.670. The van der Waals surface area contributed by atoms with Crippen molar-refractivity contribution in [2.45, 2.75) is 13.8 Å². The molecular weight excluding hydrogens is 458 g/mol. The van der Waals surface area contributed by atoms with Crippen LogP contribution < -0.4 is 0 Å². The van der Waals surface area contributed by atoms with E-state index in [1.54, 1.807) is 22.0 Å². The molecule has 0 radical (unpaired) electrons. The Labute approximate surface area is 135 Å². The fourth-order valence-corrected chi connectivity index (χ4v) is 1.50. The van der Waals surface area contributed by atoms with Crippen molar-refractivity contribution in [3.05, 3.63) is 19.3 Å². The van der Waals surface area contributed by atoms with Gasteiger partial charge >= 0.3 is 6.16 Å². The highest BCUT2D eigenvalue weighted by Gasteiger charge is 2.05. The zero-order valence-corrected chi connectivity index (χ0v) is 14.4. The predicted octanol–water partition coefficient (Wildman–Crippen LogP) is 3.82. The summed E-state index contributed by atoms with van der Waals surface area (Å²) >= 11 is 4.09. The van der Waals surface area contributed by atoms with E-state index in [1.165, 1.54) is 0 Å². The first-order valence-corrected chi connectivity index (χ1v) is 7.40. The van der Waals surface area contributed by atoms with Crippen LogP contribution >= 0.6 is 45.2 Å². The van der Waals surface area contributed by atoms with E-state index in [0.29, 0.717) is 0 Å². The van der Waals surface area contributed by atoms with Crippen LogP contribution in [0.25, 0.3) is 0 Å². The molecule has 0 bridgehead atoms. The van der Waals surface area contributed by atoms with E-state index >= 15 is 0 Å². The van der Waals surface area contributed by atoms with Crippen LogP contribution in [0.3, 0.4) is 0 Å². The zero-order valence-electron chi connectivity index (χ0n) is 10.0. The zero-order chi connectivity index (χ0) is 13.8. The number of hydrogen-bond acceptors (Lipinski definition) is 3. The summed E-state index contributed by atoms with van der Waals surface area (Å²) in [4.78, 5) is 11.3. The van der Waals surface area contributed by atoms with Gasteiger partial charge in [-0.2, -0.15) is 0 Å². The second-order valence-corrected chi connectivity index (χ2v) is 4.09. The van der Waals surface area contributed by atoms with Gasteiger partial charge in [-0.3, -0.25) is 0 Å². The van der Waals surface area contributed by atoms with Crippen LogP contribution in [-0.2, 0) is 9.47 Å². The normalized spacial score (nSPS) is 10.7.